The summed E-state index contributed by atoms with van der Waals surface area (Å²) >= 11 is 0. The maximum absolute atomic E-state index is 14.9. The fraction of sp³-hybridized carbons (Fsp3) is 0.294. The summed E-state index contributed by atoms with van der Waals surface area (Å²) in [5.74, 6) is -4.96. The molecule has 0 saturated heterocycles. The smallest absolute Gasteiger partial charge is 0.350 e. The van der Waals surface area contributed by atoms with E-state index >= 15 is 0 Å². The quantitative estimate of drug-likeness (QED) is 0.0899. The molecule has 3 aromatic carbocycles. The molecule has 0 saturated carbocycles. The largest absolute Gasteiger partial charge is 0.463 e. The lowest BCUT2D eigenvalue weighted by Gasteiger charge is -2.40. The van der Waals surface area contributed by atoms with E-state index in [1.54, 1.807) is 74.5 Å². The monoisotopic (exact) mass is 679 g/mol. The maximum Gasteiger partial charge on any atom is 0.350 e. The number of fused-ring (bicyclic) bond motifs is 1. The first kappa shape index (κ1) is 34.8. The van der Waals surface area contributed by atoms with Crippen LogP contribution >= 0.6 is 0 Å². The van der Waals surface area contributed by atoms with Crippen LogP contribution in [0.15, 0.2) is 72.8 Å². The molecule has 1 N–H and O–H groups in total. The van der Waals surface area contributed by atoms with E-state index in [1.807, 2.05) is 0 Å². The molecule has 15 heteroatoms. The van der Waals surface area contributed by atoms with Crippen LogP contribution in [0.3, 0.4) is 0 Å². The Morgan fingerprint density at radius 3 is 2.29 bits per heavy atom. The highest BCUT2D eigenvalue weighted by Crippen LogP contribution is 2.43. The van der Waals surface area contributed by atoms with Crippen molar-refractivity contribution in [1.29, 1.82) is 0 Å². The van der Waals surface area contributed by atoms with Crippen LogP contribution in [0.1, 0.15) is 40.9 Å². The molecule has 12 nitrogen and oxygen atoms in total. The van der Waals surface area contributed by atoms with Crippen molar-refractivity contribution in [2.24, 2.45) is 0 Å². The molecular weight excluding hydrogens is 647 g/mol. The number of aromatic nitrogens is 2. The lowest BCUT2D eigenvalue weighted by molar-refractivity contribution is -0.757. The van der Waals surface area contributed by atoms with Gasteiger partial charge in [-0.25, -0.2) is 27.9 Å². The zero-order chi connectivity index (χ0) is 35.1. The first-order valence-electron chi connectivity index (χ1n) is 15.3. The number of unbranched alkanes of at least 4 members (excludes halogenated alkanes) is 1. The number of hydrogen-bond acceptors (Lipinski definition) is 10. The van der Waals surface area contributed by atoms with E-state index in [-0.39, 0.29) is 37.8 Å². The molecule has 1 aliphatic heterocycles. The zero-order valence-corrected chi connectivity index (χ0v) is 26.5. The second kappa shape index (κ2) is 15.1. The maximum atomic E-state index is 14.9. The highest BCUT2D eigenvalue weighted by atomic mass is 19.1. The lowest BCUT2D eigenvalue weighted by atomic mass is 9.77. The van der Waals surface area contributed by atoms with E-state index in [9.17, 15) is 32.9 Å². The van der Waals surface area contributed by atoms with Gasteiger partial charge in [-0.1, -0.05) is 48.5 Å². The third-order valence-electron chi connectivity index (χ3n) is 7.86. The Labute approximate surface area is 278 Å². The van der Waals surface area contributed by atoms with Gasteiger partial charge >= 0.3 is 12.0 Å². The molecule has 0 fully saturated rings. The fourth-order valence-corrected chi connectivity index (χ4v) is 5.74. The Kier molecular flexibility index (Phi) is 10.7. The van der Waals surface area contributed by atoms with Gasteiger partial charge in [-0.05, 0) is 44.4 Å². The van der Waals surface area contributed by atoms with Crippen LogP contribution in [-0.4, -0.2) is 52.8 Å². The number of amides is 1. The number of anilines is 1. The Balaban J connectivity index is 1.65. The van der Waals surface area contributed by atoms with Gasteiger partial charge in [0, 0.05) is 40.3 Å². The highest BCUT2D eigenvalue weighted by molar-refractivity contribution is 5.97. The summed E-state index contributed by atoms with van der Waals surface area (Å²) in [6.45, 7) is 2.04. The minimum atomic E-state index is -1.70. The number of ether oxygens (including phenoxy) is 2. The Morgan fingerprint density at radius 1 is 0.980 bits per heavy atom. The average Bonchev–Trinajstić information content (AvgIpc) is 3.17. The zero-order valence-electron chi connectivity index (χ0n) is 26.5. The summed E-state index contributed by atoms with van der Waals surface area (Å²) in [5, 5.41) is 12.8. The van der Waals surface area contributed by atoms with Crippen molar-refractivity contribution in [2.75, 3.05) is 24.7 Å². The summed E-state index contributed by atoms with van der Waals surface area (Å²) in [7, 11) is 0. The summed E-state index contributed by atoms with van der Waals surface area (Å²) in [4.78, 5) is 52.8. The van der Waals surface area contributed by atoms with Crippen LogP contribution in [0.5, 0.6) is 6.01 Å². The van der Waals surface area contributed by atoms with Crippen LogP contribution < -0.4 is 15.0 Å². The minimum Gasteiger partial charge on any atom is -0.463 e. The number of nitrogens with one attached hydrogen (secondary N) is 1. The summed E-state index contributed by atoms with van der Waals surface area (Å²) in [6, 6.07) is 17.7. The van der Waals surface area contributed by atoms with Crippen molar-refractivity contribution in [1.82, 2.24) is 15.3 Å². The number of para-hydroxylation sites is 1. The minimum absolute atomic E-state index is 0.156. The first-order valence-corrected chi connectivity index (χ1v) is 15.3. The molecule has 256 valence electrons. The molecule has 5 rings (SSSR count). The third-order valence-corrected chi connectivity index (χ3v) is 7.86. The predicted octanol–water partition coefficient (Wildman–Crippen LogP) is 4.87. The van der Waals surface area contributed by atoms with Crippen LogP contribution in [0.4, 0.5) is 18.9 Å². The molecule has 0 bridgehead atoms. The van der Waals surface area contributed by atoms with Gasteiger partial charge in [-0.2, -0.15) is 0 Å². The molecule has 0 spiro atoms. The SMILES string of the molecule is Cc1cc(C)nc(OC(C(=O)OCCCCO[N+](=O)[O-])C2(c3ccccc3)NCC(=O)N(Cc3c(F)cc(F)cc3F)c3ccccc32)n1. The van der Waals surface area contributed by atoms with Crippen molar-refractivity contribution in [3.8, 4) is 6.01 Å². The molecule has 1 amide bonds. The molecule has 0 radical (unpaired) electrons. The Bertz CT molecular complexity index is 1810. The summed E-state index contributed by atoms with van der Waals surface area (Å²) in [6.07, 6.45) is -1.18. The van der Waals surface area contributed by atoms with Gasteiger partial charge in [0.25, 0.3) is 5.09 Å². The van der Waals surface area contributed by atoms with E-state index in [0.29, 0.717) is 34.6 Å². The number of rotatable bonds is 13. The lowest BCUT2D eigenvalue weighted by Crippen LogP contribution is -2.59. The van der Waals surface area contributed by atoms with Gasteiger partial charge in [0.15, 0.2) is 0 Å². The van der Waals surface area contributed by atoms with Crippen molar-refractivity contribution in [3.63, 3.8) is 0 Å². The first-order chi connectivity index (χ1) is 23.5. The number of aryl methyl sites for hydroxylation is 2. The summed E-state index contributed by atoms with van der Waals surface area (Å²) in [5.41, 5.74) is -0.184. The average molecular weight is 680 g/mol. The van der Waals surface area contributed by atoms with Crippen molar-refractivity contribution >= 4 is 17.6 Å². The van der Waals surface area contributed by atoms with E-state index in [1.165, 1.54) is 0 Å². The highest BCUT2D eigenvalue weighted by Gasteiger charge is 2.52. The van der Waals surface area contributed by atoms with Crippen LogP contribution in [-0.2, 0) is 31.2 Å². The summed E-state index contributed by atoms with van der Waals surface area (Å²) < 4.78 is 55.6. The standard InChI is InChI=1S/C34H32F3N5O7/c1-21-16-22(2)40-33(39-21)49-31(32(44)47-14-8-9-15-48-42(45)46)34(23-10-4-3-5-11-23)26-12-6-7-13-29(26)41(30(43)19-38-34)20-25-27(36)17-24(35)18-28(25)37/h3-7,10-13,16-18,31,38H,8-9,14-15,19-20H2,1-2H3. The number of benzene rings is 3. The number of hydrogen-bond donors (Lipinski definition) is 1. The van der Waals surface area contributed by atoms with E-state index < -0.39 is 64.7 Å². The van der Waals surface area contributed by atoms with Gasteiger partial charge in [0.1, 0.15) is 23.0 Å². The molecule has 49 heavy (non-hydrogen) atoms. The van der Waals surface area contributed by atoms with Crippen LogP contribution in [0, 0.1) is 41.4 Å². The van der Waals surface area contributed by atoms with E-state index in [4.69, 9.17) is 9.47 Å². The van der Waals surface area contributed by atoms with Crippen molar-refractivity contribution in [2.45, 2.75) is 44.9 Å². The molecular formula is C34H32F3N5O7. The molecule has 0 aliphatic carbocycles. The predicted molar refractivity (Wildman–Crippen MR) is 168 cm³/mol. The van der Waals surface area contributed by atoms with E-state index in [0.717, 1.165) is 4.90 Å². The van der Waals surface area contributed by atoms with Crippen LogP contribution in [0.25, 0.3) is 0 Å². The van der Waals surface area contributed by atoms with Crippen molar-refractivity contribution in [3.05, 3.63) is 128 Å². The number of nitrogens with zero attached hydrogens (tertiary/aromatic N) is 4. The molecule has 4 aromatic rings. The molecule has 2 heterocycles. The van der Waals surface area contributed by atoms with Gasteiger partial charge < -0.3 is 19.2 Å². The number of carbonyl (C=O) groups is 2. The molecule has 2 unspecified atom stereocenters. The topological polar surface area (TPSA) is 146 Å². The van der Waals surface area contributed by atoms with Gasteiger partial charge in [-0.15, -0.1) is 10.1 Å². The molecule has 1 aromatic heterocycles. The fourth-order valence-electron chi connectivity index (χ4n) is 5.74. The molecule has 1 aliphatic rings. The van der Waals surface area contributed by atoms with Crippen LogP contribution in [0.2, 0.25) is 0 Å². The van der Waals surface area contributed by atoms with Gasteiger partial charge in [0.2, 0.25) is 12.0 Å². The number of halogens is 3. The molecule has 2 atom stereocenters. The third kappa shape index (κ3) is 7.78. The second-order valence-electron chi connectivity index (χ2n) is 11.2. The van der Waals surface area contributed by atoms with Gasteiger partial charge in [-0.3, -0.25) is 10.1 Å². The normalized spacial score (nSPS) is 16.3. The number of esters is 1. The van der Waals surface area contributed by atoms with E-state index in [2.05, 4.69) is 20.1 Å². The Hall–Kier alpha value is -5.57. The second-order valence-corrected chi connectivity index (χ2v) is 11.2. The van der Waals surface area contributed by atoms with Gasteiger partial charge in [0.05, 0.1) is 26.3 Å². The van der Waals surface area contributed by atoms with Crippen molar-refractivity contribution < 1.29 is 42.2 Å². The number of carbonyl (C=O) groups excluding carboxylic acids is 2. The Morgan fingerprint density at radius 2 is 1.61 bits per heavy atom.